The van der Waals surface area contributed by atoms with E-state index in [0.717, 1.165) is 30.6 Å². The predicted molar refractivity (Wildman–Crippen MR) is 134 cm³/mol. The molecule has 1 fully saturated rings. The number of rotatable bonds is 5. The second-order valence-electron chi connectivity index (χ2n) is 8.25. The van der Waals surface area contributed by atoms with E-state index in [1.54, 1.807) is 10.6 Å². The summed E-state index contributed by atoms with van der Waals surface area (Å²) in [6, 6.07) is 9.97. The van der Waals surface area contributed by atoms with Gasteiger partial charge in [0, 0.05) is 18.2 Å². The lowest BCUT2D eigenvalue weighted by Crippen LogP contribution is -2.41. The number of nitrogens with zero attached hydrogens (tertiary/aromatic N) is 3. The monoisotopic (exact) mass is 532 g/mol. The lowest BCUT2D eigenvalue weighted by Gasteiger charge is -2.32. The number of aromatic nitrogens is 1. The van der Waals surface area contributed by atoms with Crippen LogP contribution in [-0.2, 0) is 26.6 Å². The van der Waals surface area contributed by atoms with Crippen molar-refractivity contribution in [1.29, 1.82) is 0 Å². The molecule has 1 aliphatic heterocycles. The largest absolute Gasteiger partial charge is 0.305 e. The molecule has 1 aliphatic rings. The number of thiazole rings is 1. The molecule has 184 valence electrons. The van der Waals surface area contributed by atoms with Crippen LogP contribution >= 0.6 is 11.3 Å². The number of fused-ring (bicyclic) bond motifs is 1. The van der Waals surface area contributed by atoms with Gasteiger partial charge in [-0.1, -0.05) is 23.7 Å². The Morgan fingerprint density at radius 2 is 1.83 bits per heavy atom. The molecular formula is C23H24N4O5S3. The third-order valence-electron chi connectivity index (χ3n) is 5.88. The number of hydrogen-bond donors (Lipinski definition) is 1. The lowest BCUT2D eigenvalue weighted by atomic mass is 10.1. The van der Waals surface area contributed by atoms with E-state index in [9.17, 15) is 21.6 Å². The third-order valence-corrected chi connectivity index (χ3v) is 9.86. The highest BCUT2D eigenvalue weighted by Crippen LogP contribution is 2.25. The van der Waals surface area contributed by atoms with Crippen LogP contribution in [0.15, 0.2) is 57.2 Å². The maximum atomic E-state index is 13.0. The Morgan fingerprint density at radius 1 is 1.14 bits per heavy atom. The molecule has 0 unspecified atom stereocenters. The molecule has 2 N–H and O–H groups in total. The molecule has 0 spiro atoms. The van der Waals surface area contributed by atoms with Gasteiger partial charge in [0.25, 0.3) is 5.91 Å². The topological polar surface area (TPSA) is 132 Å². The zero-order valence-electron chi connectivity index (χ0n) is 18.9. The highest BCUT2D eigenvalue weighted by Gasteiger charge is 2.30. The van der Waals surface area contributed by atoms with Gasteiger partial charge in [-0.25, -0.2) is 22.0 Å². The van der Waals surface area contributed by atoms with E-state index >= 15 is 0 Å². The fourth-order valence-corrected chi connectivity index (χ4v) is 7.43. The van der Waals surface area contributed by atoms with Gasteiger partial charge in [0.1, 0.15) is 0 Å². The summed E-state index contributed by atoms with van der Waals surface area (Å²) in [6.45, 7) is 2.50. The van der Waals surface area contributed by atoms with E-state index in [1.165, 1.54) is 40.7 Å². The summed E-state index contributed by atoms with van der Waals surface area (Å²) in [5.41, 5.74) is 0.828. The van der Waals surface area contributed by atoms with Crippen molar-refractivity contribution >= 4 is 47.5 Å². The Bertz CT molecular complexity index is 1610. The van der Waals surface area contributed by atoms with Crippen molar-refractivity contribution in [2.24, 2.45) is 10.1 Å². The highest BCUT2D eigenvalue weighted by molar-refractivity contribution is 7.89. The minimum absolute atomic E-state index is 0.0585. The van der Waals surface area contributed by atoms with Crippen molar-refractivity contribution < 1.29 is 21.6 Å². The number of hydrogen-bond acceptors (Lipinski definition) is 6. The van der Waals surface area contributed by atoms with E-state index in [2.05, 4.69) is 10.9 Å². The predicted octanol–water partition coefficient (Wildman–Crippen LogP) is 2.29. The number of nitrogens with two attached hydrogens (primary N) is 1. The first-order chi connectivity index (χ1) is 16.5. The van der Waals surface area contributed by atoms with Gasteiger partial charge in [0.15, 0.2) is 4.80 Å². The summed E-state index contributed by atoms with van der Waals surface area (Å²) in [4.78, 5) is 17.4. The van der Waals surface area contributed by atoms with Crippen molar-refractivity contribution in [3.63, 3.8) is 0 Å². The van der Waals surface area contributed by atoms with Gasteiger partial charge in [0.2, 0.25) is 20.0 Å². The van der Waals surface area contributed by atoms with Gasteiger partial charge >= 0.3 is 0 Å². The number of carbonyl (C=O) groups excluding carboxylic acids is 1. The number of primary sulfonamides is 1. The van der Waals surface area contributed by atoms with Crippen LogP contribution in [0.1, 0.15) is 36.5 Å². The number of sulfonamides is 2. The first kappa shape index (κ1) is 25.3. The summed E-state index contributed by atoms with van der Waals surface area (Å²) in [5.74, 6) is 1.92. The lowest BCUT2D eigenvalue weighted by molar-refractivity contribution is 0.0997. The molecule has 9 nitrogen and oxygen atoms in total. The van der Waals surface area contributed by atoms with Crippen molar-refractivity contribution in [2.75, 3.05) is 6.54 Å². The highest BCUT2D eigenvalue weighted by atomic mass is 32.2. The van der Waals surface area contributed by atoms with Crippen LogP contribution in [0.2, 0.25) is 0 Å². The second-order valence-corrected chi connectivity index (χ2v) is 12.7. The zero-order chi connectivity index (χ0) is 25.4. The van der Waals surface area contributed by atoms with E-state index in [4.69, 9.17) is 11.6 Å². The van der Waals surface area contributed by atoms with Gasteiger partial charge in [-0.05, 0) is 62.2 Å². The van der Waals surface area contributed by atoms with E-state index in [1.807, 2.05) is 6.92 Å². The van der Waals surface area contributed by atoms with Gasteiger partial charge in [-0.15, -0.1) is 6.42 Å². The van der Waals surface area contributed by atoms with Crippen LogP contribution in [0.5, 0.6) is 0 Å². The van der Waals surface area contributed by atoms with Crippen LogP contribution in [-0.4, -0.2) is 44.2 Å². The molecule has 0 bridgehead atoms. The van der Waals surface area contributed by atoms with Gasteiger partial charge in [-0.2, -0.15) is 9.30 Å². The summed E-state index contributed by atoms with van der Waals surface area (Å²) >= 11 is 1.10. The fourth-order valence-electron chi connectivity index (χ4n) is 4.05. The normalized spacial score (nSPS) is 18.0. The molecule has 4 rings (SSSR count). The van der Waals surface area contributed by atoms with Crippen molar-refractivity contribution in [1.82, 2.24) is 8.87 Å². The molecule has 2 aromatic carbocycles. The summed E-state index contributed by atoms with van der Waals surface area (Å²) in [6.07, 6.45) is 8.13. The number of carbonyl (C=O) groups is 1. The Morgan fingerprint density at radius 3 is 2.46 bits per heavy atom. The summed E-state index contributed by atoms with van der Waals surface area (Å²) in [7, 11) is -7.55. The van der Waals surface area contributed by atoms with Crippen LogP contribution in [0.4, 0.5) is 0 Å². The van der Waals surface area contributed by atoms with Gasteiger partial charge in [-0.3, -0.25) is 4.79 Å². The molecule has 0 aliphatic carbocycles. The fraction of sp³-hybridized carbons (Fsp3) is 0.304. The second kappa shape index (κ2) is 9.67. The van der Waals surface area contributed by atoms with Crippen molar-refractivity contribution in [3.8, 4) is 12.3 Å². The molecule has 3 aromatic rings. The van der Waals surface area contributed by atoms with Crippen LogP contribution < -0.4 is 9.94 Å². The van der Waals surface area contributed by atoms with Crippen molar-refractivity contribution in [3.05, 3.63) is 52.8 Å². The molecule has 0 saturated carbocycles. The average Bonchev–Trinajstić information content (AvgIpc) is 3.15. The Kier molecular flexibility index (Phi) is 6.99. The van der Waals surface area contributed by atoms with Crippen LogP contribution in [0, 0.1) is 12.3 Å². The van der Waals surface area contributed by atoms with Crippen LogP contribution in [0.25, 0.3) is 10.2 Å². The molecule has 35 heavy (non-hydrogen) atoms. The number of amides is 1. The molecule has 1 saturated heterocycles. The minimum atomic E-state index is -3.90. The summed E-state index contributed by atoms with van der Waals surface area (Å²) < 4.78 is 53.1. The van der Waals surface area contributed by atoms with Gasteiger partial charge < -0.3 is 4.57 Å². The standard InChI is InChI=1S/C23H24N4O5S3/c1-3-13-26-20-12-11-19(34(24,29)30)15-21(20)33-23(26)25-22(28)17-7-9-18(10-8-17)35(31,32)27-14-5-4-6-16(27)2/h1,7-12,15-16H,4-6,13-14H2,2H3,(H2,24,29,30)/t16-/m1/s1. The molecule has 1 amide bonds. The molecular weight excluding hydrogens is 508 g/mol. The number of piperidine rings is 1. The van der Waals surface area contributed by atoms with E-state index in [0.29, 0.717) is 16.8 Å². The average molecular weight is 533 g/mol. The Hall–Kier alpha value is -2.82. The molecule has 12 heteroatoms. The minimum Gasteiger partial charge on any atom is -0.305 e. The molecule has 1 atom stereocenters. The van der Waals surface area contributed by atoms with Crippen molar-refractivity contribution in [2.45, 2.75) is 48.6 Å². The van der Waals surface area contributed by atoms with Crippen LogP contribution in [0.3, 0.4) is 0 Å². The molecule has 2 heterocycles. The zero-order valence-corrected chi connectivity index (χ0v) is 21.4. The molecule has 1 aromatic heterocycles. The Labute approximate surface area is 208 Å². The maximum Gasteiger partial charge on any atom is 0.279 e. The van der Waals surface area contributed by atoms with E-state index in [-0.39, 0.29) is 32.7 Å². The maximum absolute atomic E-state index is 13.0. The quantitative estimate of drug-likeness (QED) is 0.504. The SMILES string of the molecule is C#CCn1c(=NC(=O)c2ccc(S(=O)(=O)N3CCCC[C@H]3C)cc2)sc2cc(S(N)(=O)=O)ccc21. The molecule has 0 radical (unpaired) electrons. The number of benzene rings is 2. The smallest absolute Gasteiger partial charge is 0.279 e. The van der Waals surface area contributed by atoms with E-state index < -0.39 is 26.0 Å². The van der Waals surface area contributed by atoms with Gasteiger partial charge in [0.05, 0.1) is 26.6 Å². The number of terminal acetylenes is 1. The third kappa shape index (κ3) is 5.10. The first-order valence-electron chi connectivity index (χ1n) is 10.8. The first-order valence-corrected chi connectivity index (χ1v) is 14.6. The summed E-state index contributed by atoms with van der Waals surface area (Å²) in [5, 5.41) is 5.22. The Balaban J connectivity index is 1.69.